The molecule has 3 N–H and O–H groups in total. The van der Waals surface area contributed by atoms with E-state index in [0.717, 1.165) is 25.5 Å². The maximum Gasteiger partial charge on any atom is 0.224 e. The minimum absolute atomic E-state index is 0.00696. The molecule has 0 amide bonds. The third-order valence-corrected chi connectivity index (χ3v) is 3.08. The number of nitrogens with one attached hydrogen (secondary N) is 2. The van der Waals surface area contributed by atoms with Gasteiger partial charge in [0.2, 0.25) is 5.95 Å². The lowest BCUT2D eigenvalue weighted by molar-refractivity contribution is 0.143. The number of hydrogen-bond acceptors (Lipinski definition) is 5. The van der Waals surface area contributed by atoms with Crippen molar-refractivity contribution in [3.8, 4) is 0 Å². The van der Waals surface area contributed by atoms with Crippen molar-refractivity contribution in [1.29, 1.82) is 0 Å². The van der Waals surface area contributed by atoms with Crippen molar-refractivity contribution in [2.45, 2.75) is 31.7 Å². The van der Waals surface area contributed by atoms with Crippen LogP contribution in [-0.4, -0.2) is 33.8 Å². The van der Waals surface area contributed by atoms with Crippen LogP contribution in [0.25, 0.3) is 0 Å². The van der Waals surface area contributed by atoms with Gasteiger partial charge in [0.1, 0.15) is 0 Å². The van der Waals surface area contributed by atoms with Gasteiger partial charge < -0.3 is 15.7 Å². The molecule has 1 aromatic heterocycles. The number of aliphatic hydroxyl groups is 1. The van der Waals surface area contributed by atoms with Crippen molar-refractivity contribution in [3.63, 3.8) is 0 Å². The molecule has 0 atom stereocenters. The van der Waals surface area contributed by atoms with Gasteiger partial charge in [0.05, 0.1) is 18.3 Å². The van der Waals surface area contributed by atoms with Gasteiger partial charge in [0.25, 0.3) is 0 Å². The second-order valence-corrected chi connectivity index (χ2v) is 4.34. The van der Waals surface area contributed by atoms with Crippen LogP contribution < -0.4 is 10.6 Å². The lowest BCUT2D eigenvalue weighted by atomic mass is 9.77. The van der Waals surface area contributed by atoms with E-state index in [1.54, 1.807) is 0 Å². The lowest BCUT2D eigenvalue weighted by Gasteiger charge is -2.41. The summed E-state index contributed by atoms with van der Waals surface area (Å²) in [7, 11) is 0. The zero-order chi connectivity index (χ0) is 12.3. The van der Waals surface area contributed by atoms with E-state index in [-0.39, 0.29) is 12.4 Å². The molecule has 5 nitrogen and oxygen atoms in total. The lowest BCUT2D eigenvalue weighted by Crippen LogP contribution is -2.48. The van der Waals surface area contributed by atoms with Crippen molar-refractivity contribution in [2.75, 3.05) is 23.8 Å². The van der Waals surface area contributed by atoms with E-state index in [1.165, 1.54) is 0 Å². The molecule has 2 rings (SSSR count). The monoisotopic (exact) mass is 240 g/mol. The van der Waals surface area contributed by atoms with Gasteiger partial charge in [0.15, 0.2) is 11.6 Å². The maximum atomic E-state index is 13.5. The van der Waals surface area contributed by atoms with Crippen molar-refractivity contribution in [1.82, 2.24) is 9.97 Å². The Labute approximate surface area is 99.5 Å². The van der Waals surface area contributed by atoms with Gasteiger partial charge in [-0.1, -0.05) is 0 Å². The highest BCUT2D eigenvalue weighted by molar-refractivity contribution is 5.44. The highest BCUT2D eigenvalue weighted by Gasteiger charge is 2.37. The topological polar surface area (TPSA) is 70.1 Å². The van der Waals surface area contributed by atoms with Crippen LogP contribution in [0.4, 0.5) is 16.2 Å². The molecule has 1 aliphatic rings. The molecule has 0 bridgehead atoms. The van der Waals surface area contributed by atoms with Gasteiger partial charge in [-0.3, -0.25) is 0 Å². The summed E-state index contributed by atoms with van der Waals surface area (Å²) in [6.45, 7) is 2.59. The second kappa shape index (κ2) is 4.83. The van der Waals surface area contributed by atoms with Gasteiger partial charge in [0, 0.05) is 6.54 Å². The van der Waals surface area contributed by atoms with E-state index in [1.807, 2.05) is 6.92 Å². The molecule has 6 heteroatoms. The summed E-state index contributed by atoms with van der Waals surface area (Å²) < 4.78 is 13.5. The Morgan fingerprint density at radius 2 is 2.29 bits per heavy atom. The third-order valence-electron chi connectivity index (χ3n) is 3.08. The predicted octanol–water partition coefficient (Wildman–Crippen LogP) is 1.37. The molecule has 0 unspecified atom stereocenters. The second-order valence-electron chi connectivity index (χ2n) is 4.34. The fourth-order valence-electron chi connectivity index (χ4n) is 1.88. The van der Waals surface area contributed by atoms with Crippen LogP contribution in [0.3, 0.4) is 0 Å². The first-order valence-corrected chi connectivity index (χ1v) is 5.84. The quantitative estimate of drug-likeness (QED) is 0.725. The zero-order valence-electron chi connectivity index (χ0n) is 9.83. The maximum absolute atomic E-state index is 13.5. The Hall–Kier alpha value is -1.43. The third kappa shape index (κ3) is 2.46. The average Bonchev–Trinajstić information content (AvgIpc) is 2.28. The van der Waals surface area contributed by atoms with E-state index in [2.05, 4.69) is 20.6 Å². The standard InChI is InChI=1S/C11H17FN4O/c1-2-13-10-14-6-8(12)9(15-10)16-11(7-17)4-3-5-11/h6,17H,2-5,7H2,1H3,(H2,13,14,15,16). The predicted molar refractivity (Wildman–Crippen MR) is 63.4 cm³/mol. The van der Waals surface area contributed by atoms with E-state index in [4.69, 9.17) is 0 Å². The summed E-state index contributed by atoms with van der Waals surface area (Å²) in [4.78, 5) is 7.89. The number of anilines is 2. The molecule has 94 valence electrons. The summed E-state index contributed by atoms with van der Waals surface area (Å²) in [6, 6.07) is 0. The molecule has 0 spiro atoms. The Morgan fingerprint density at radius 3 is 2.82 bits per heavy atom. The first kappa shape index (κ1) is 12.0. The molecule has 17 heavy (non-hydrogen) atoms. The zero-order valence-corrected chi connectivity index (χ0v) is 9.83. The summed E-state index contributed by atoms with van der Waals surface area (Å²) >= 11 is 0. The molecule has 0 aliphatic heterocycles. The number of rotatable bonds is 5. The van der Waals surface area contributed by atoms with Crippen molar-refractivity contribution in [2.24, 2.45) is 0 Å². The van der Waals surface area contributed by atoms with Crippen molar-refractivity contribution in [3.05, 3.63) is 12.0 Å². The van der Waals surface area contributed by atoms with Crippen LogP contribution in [0, 0.1) is 5.82 Å². The van der Waals surface area contributed by atoms with Crippen molar-refractivity contribution < 1.29 is 9.50 Å². The first-order valence-electron chi connectivity index (χ1n) is 5.84. The Balaban J connectivity index is 2.16. The molecule has 0 aromatic carbocycles. The highest BCUT2D eigenvalue weighted by atomic mass is 19.1. The SMILES string of the molecule is CCNc1ncc(F)c(NC2(CO)CCC2)n1. The number of aromatic nitrogens is 2. The van der Waals surface area contributed by atoms with Crippen LogP contribution in [0.2, 0.25) is 0 Å². The van der Waals surface area contributed by atoms with Crippen LogP contribution in [0.5, 0.6) is 0 Å². The number of halogens is 1. The van der Waals surface area contributed by atoms with Crippen LogP contribution in [0.1, 0.15) is 26.2 Å². The van der Waals surface area contributed by atoms with Gasteiger partial charge in [-0.2, -0.15) is 4.98 Å². The van der Waals surface area contributed by atoms with Crippen molar-refractivity contribution >= 4 is 11.8 Å². The molecular weight excluding hydrogens is 223 g/mol. The highest BCUT2D eigenvalue weighted by Crippen LogP contribution is 2.34. The normalized spacial score (nSPS) is 17.4. The smallest absolute Gasteiger partial charge is 0.224 e. The largest absolute Gasteiger partial charge is 0.394 e. The number of aliphatic hydroxyl groups excluding tert-OH is 1. The minimum atomic E-state index is -0.494. The summed E-state index contributed by atoms with van der Waals surface area (Å²) in [5.41, 5.74) is -0.404. The fraction of sp³-hybridized carbons (Fsp3) is 0.636. The van der Waals surface area contributed by atoms with E-state index < -0.39 is 11.4 Å². The molecule has 0 saturated heterocycles. The number of nitrogens with zero attached hydrogens (tertiary/aromatic N) is 2. The van der Waals surface area contributed by atoms with Crippen LogP contribution in [-0.2, 0) is 0 Å². The molecule has 0 radical (unpaired) electrons. The average molecular weight is 240 g/mol. The molecule has 1 aliphatic carbocycles. The summed E-state index contributed by atoms with van der Waals surface area (Å²) in [5.74, 6) is 0.0555. The Kier molecular flexibility index (Phi) is 3.42. The number of hydrogen-bond donors (Lipinski definition) is 3. The van der Waals surface area contributed by atoms with Crippen LogP contribution >= 0.6 is 0 Å². The van der Waals surface area contributed by atoms with E-state index in [0.29, 0.717) is 12.5 Å². The summed E-state index contributed by atoms with van der Waals surface area (Å²) in [5, 5.41) is 15.2. The van der Waals surface area contributed by atoms with E-state index >= 15 is 0 Å². The molecule has 1 aromatic rings. The minimum Gasteiger partial charge on any atom is -0.394 e. The fourth-order valence-corrected chi connectivity index (χ4v) is 1.88. The Morgan fingerprint density at radius 1 is 1.53 bits per heavy atom. The van der Waals surface area contributed by atoms with Gasteiger partial charge >= 0.3 is 0 Å². The molecule has 1 saturated carbocycles. The summed E-state index contributed by atoms with van der Waals surface area (Å²) in [6.07, 6.45) is 3.85. The first-order chi connectivity index (χ1) is 8.19. The van der Waals surface area contributed by atoms with Gasteiger partial charge in [-0.25, -0.2) is 9.37 Å². The van der Waals surface area contributed by atoms with E-state index in [9.17, 15) is 9.50 Å². The van der Waals surface area contributed by atoms with Crippen LogP contribution in [0.15, 0.2) is 6.20 Å². The van der Waals surface area contributed by atoms with Gasteiger partial charge in [-0.15, -0.1) is 0 Å². The molecule has 1 heterocycles. The molecular formula is C11H17FN4O. The van der Waals surface area contributed by atoms with Gasteiger partial charge in [-0.05, 0) is 26.2 Å². The Bertz CT molecular complexity index is 390. The molecule has 1 fully saturated rings.